The number of aryl methyl sites for hydroxylation is 1. The predicted octanol–water partition coefficient (Wildman–Crippen LogP) is 4.83. The topological polar surface area (TPSA) is 74.8 Å². The molecule has 6 rings (SSSR count). The number of aromatic nitrogens is 2. The molecule has 1 atom stereocenters. The van der Waals surface area contributed by atoms with Gasteiger partial charge in [0.15, 0.2) is 4.80 Å². The van der Waals surface area contributed by atoms with Gasteiger partial charge >= 0.3 is 5.97 Å². The van der Waals surface area contributed by atoms with Gasteiger partial charge in [0.05, 0.1) is 35.1 Å². The molecule has 41 heavy (non-hydrogen) atoms. The van der Waals surface area contributed by atoms with E-state index in [-0.39, 0.29) is 12.2 Å². The van der Waals surface area contributed by atoms with E-state index in [1.807, 2.05) is 104 Å². The zero-order valence-electron chi connectivity index (χ0n) is 23.0. The molecule has 0 spiro atoms. The number of rotatable bonds is 7. The van der Waals surface area contributed by atoms with E-state index in [1.54, 1.807) is 11.5 Å². The lowest BCUT2D eigenvalue weighted by Gasteiger charge is -2.26. The van der Waals surface area contributed by atoms with Crippen molar-refractivity contribution in [1.82, 2.24) is 9.13 Å². The fourth-order valence-corrected chi connectivity index (χ4v) is 6.29. The van der Waals surface area contributed by atoms with E-state index in [1.165, 1.54) is 11.3 Å². The largest absolute Gasteiger partial charge is 0.494 e. The van der Waals surface area contributed by atoms with E-state index in [4.69, 9.17) is 14.5 Å². The molecular weight excluding hydrogens is 534 g/mol. The molecule has 0 amide bonds. The number of fused-ring (bicyclic) bond motifs is 2. The summed E-state index contributed by atoms with van der Waals surface area (Å²) in [5.41, 5.74) is 4.17. The van der Waals surface area contributed by atoms with Crippen LogP contribution in [-0.2, 0) is 16.6 Å². The molecule has 0 N–H and O–H groups in total. The molecule has 0 bridgehead atoms. The number of benzene rings is 3. The van der Waals surface area contributed by atoms with Crippen molar-refractivity contribution >= 4 is 40.0 Å². The zero-order valence-corrected chi connectivity index (χ0v) is 23.9. The molecule has 1 aliphatic rings. The quantitative estimate of drug-likeness (QED) is 0.266. The Kier molecular flexibility index (Phi) is 7.15. The molecule has 5 aromatic rings. The maximum Gasteiger partial charge on any atom is 0.338 e. The lowest BCUT2D eigenvalue weighted by atomic mass is 9.93. The monoisotopic (exact) mass is 563 g/mol. The smallest absolute Gasteiger partial charge is 0.338 e. The first-order valence-corrected chi connectivity index (χ1v) is 14.4. The first-order valence-electron chi connectivity index (χ1n) is 13.6. The Balaban J connectivity index is 1.63. The SMILES string of the molecule is CCOC(=O)C1=C(c2ccccc2)N=c2s/c(=C\c3cn(C)c4ccccc34)c(=O)n2[C@@H]1c1ccc(OCC)cc1. The van der Waals surface area contributed by atoms with Crippen LogP contribution in [0.15, 0.2) is 100 Å². The van der Waals surface area contributed by atoms with Crippen LogP contribution in [0.1, 0.15) is 36.6 Å². The summed E-state index contributed by atoms with van der Waals surface area (Å²) in [4.78, 5) is 33.2. The van der Waals surface area contributed by atoms with Crippen LogP contribution >= 0.6 is 11.3 Å². The minimum atomic E-state index is -0.731. The first kappa shape index (κ1) is 26.5. The highest BCUT2D eigenvalue weighted by atomic mass is 32.1. The second-order valence-electron chi connectivity index (χ2n) is 9.65. The number of carbonyl (C=O) groups excluding carboxylic acids is 1. The highest BCUT2D eigenvalue weighted by Crippen LogP contribution is 2.35. The van der Waals surface area contributed by atoms with Crippen molar-refractivity contribution in [2.24, 2.45) is 12.0 Å². The summed E-state index contributed by atoms with van der Waals surface area (Å²) in [7, 11) is 1.99. The van der Waals surface area contributed by atoms with E-state index in [2.05, 4.69) is 6.07 Å². The highest BCUT2D eigenvalue weighted by molar-refractivity contribution is 7.07. The molecule has 0 radical (unpaired) electrons. The van der Waals surface area contributed by atoms with Crippen molar-refractivity contribution < 1.29 is 14.3 Å². The standard InChI is InChI=1S/C33H29N3O4S/c1-4-39-24-17-15-22(16-18-24)30-28(32(38)40-5-2)29(21-11-7-6-8-12-21)34-33-36(30)31(37)27(41-33)19-23-20-35(3)26-14-10-9-13-25(23)26/h6-20,30H,4-5H2,1-3H3/b27-19-/t30-/m1/s1. The van der Waals surface area contributed by atoms with Gasteiger partial charge in [-0.3, -0.25) is 9.36 Å². The van der Waals surface area contributed by atoms with E-state index in [9.17, 15) is 9.59 Å². The van der Waals surface area contributed by atoms with E-state index >= 15 is 0 Å². The van der Waals surface area contributed by atoms with Crippen LogP contribution in [0.4, 0.5) is 0 Å². The highest BCUT2D eigenvalue weighted by Gasteiger charge is 2.35. The Morgan fingerprint density at radius 2 is 1.71 bits per heavy atom. The van der Waals surface area contributed by atoms with Crippen molar-refractivity contribution in [3.63, 3.8) is 0 Å². The molecule has 0 aliphatic carbocycles. The molecular formula is C33H29N3O4S. The van der Waals surface area contributed by atoms with E-state index in [0.717, 1.165) is 27.6 Å². The third kappa shape index (κ3) is 4.80. The number of ether oxygens (including phenoxy) is 2. The molecule has 0 saturated carbocycles. The Morgan fingerprint density at radius 1 is 0.976 bits per heavy atom. The summed E-state index contributed by atoms with van der Waals surface area (Å²) >= 11 is 1.32. The third-order valence-electron chi connectivity index (χ3n) is 7.09. The molecule has 8 heteroatoms. The minimum absolute atomic E-state index is 0.200. The van der Waals surface area contributed by atoms with Crippen molar-refractivity contribution in [3.8, 4) is 5.75 Å². The molecule has 0 unspecified atom stereocenters. The normalized spacial score (nSPS) is 15.1. The fourth-order valence-electron chi connectivity index (χ4n) is 5.30. The third-order valence-corrected chi connectivity index (χ3v) is 8.08. The average molecular weight is 564 g/mol. The summed E-state index contributed by atoms with van der Waals surface area (Å²) in [5, 5.41) is 1.06. The van der Waals surface area contributed by atoms with E-state index < -0.39 is 12.0 Å². The summed E-state index contributed by atoms with van der Waals surface area (Å²) < 4.78 is 15.4. The molecule has 3 heterocycles. The fraction of sp³-hybridized carbons (Fsp3) is 0.182. The molecule has 2 aromatic heterocycles. The second-order valence-corrected chi connectivity index (χ2v) is 10.7. The Bertz CT molecular complexity index is 1960. The maximum absolute atomic E-state index is 14.2. The van der Waals surface area contributed by atoms with Crippen molar-refractivity contribution in [3.05, 3.63) is 127 Å². The lowest BCUT2D eigenvalue weighted by Crippen LogP contribution is -2.40. The number of para-hydroxylation sites is 1. The van der Waals surface area contributed by atoms with Crippen molar-refractivity contribution in [2.45, 2.75) is 19.9 Å². The number of thiazole rings is 1. The average Bonchev–Trinajstić information content (AvgIpc) is 3.48. The Labute approximate surface area is 240 Å². The number of hydrogen-bond donors (Lipinski definition) is 0. The van der Waals surface area contributed by atoms with E-state index in [0.29, 0.717) is 33.0 Å². The number of hydrogen-bond acceptors (Lipinski definition) is 6. The van der Waals surface area contributed by atoms with Crippen molar-refractivity contribution in [1.29, 1.82) is 0 Å². The van der Waals surface area contributed by atoms with Crippen LogP contribution in [0.3, 0.4) is 0 Å². The molecule has 0 fully saturated rings. The summed E-state index contributed by atoms with van der Waals surface area (Å²) in [5.74, 6) is 0.210. The van der Waals surface area contributed by atoms with Crippen LogP contribution in [-0.4, -0.2) is 28.3 Å². The van der Waals surface area contributed by atoms with Gasteiger partial charge in [0.2, 0.25) is 0 Å². The second kappa shape index (κ2) is 11.1. The maximum atomic E-state index is 14.2. The van der Waals surface area contributed by atoms with Gasteiger partial charge < -0.3 is 14.0 Å². The number of carbonyl (C=O) groups is 1. The van der Waals surface area contributed by atoms with Crippen LogP contribution < -0.4 is 19.6 Å². The number of nitrogens with zero attached hydrogens (tertiary/aromatic N) is 3. The van der Waals surface area contributed by atoms with Gasteiger partial charge in [-0.1, -0.05) is 72.0 Å². The van der Waals surface area contributed by atoms with Gasteiger partial charge in [-0.25, -0.2) is 9.79 Å². The van der Waals surface area contributed by atoms with Crippen LogP contribution in [0.5, 0.6) is 5.75 Å². The summed E-state index contributed by atoms with van der Waals surface area (Å²) in [6.45, 7) is 4.43. The lowest BCUT2D eigenvalue weighted by molar-refractivity contribution is -0.138. The predicted molar refractivity (Wildman–Crippen MR) is 162 cm³/mol. The Morgan fingerprint density at radius 3 is 2.44 bits per heavy atom. The van der Waals surface area contributed by atoms with Gasteiger partial charge in [0.1, 0.15) is 5.75 Å². The summed E-state index contributed by atoms with van der Waals surface area (Å²) in [6, 6.07) is 24.4. The molecule has 3 aromatic carbocycles. The summed E-state index contributed by atoms with van der Waals surface area (Å²) in [6.07, 6.45) is 3.93. The molecule has 206 valence electrons. The number of esters is 1. The molecule has 0 saturated heterocycles. The van der Waals surface area contributed by atoms with Gasteiger partial charge in [0.25, 0.3) is 5.56 Å². The van der Waals surface area contributed by atoms with Crippen LogP contribution in [0.25, 0.3) is 22.7 Å². The van der Waals surface area contributed by atoms with Crippen molar-refractivity contribution in [2.75, 3.05) is 13.2 Å². The minimum Gasteiger partial charge on any atom is -0.494 e. The molecule has 1 aliphatic heterocycles. The van der Waals surface area contributed by atoms with Gasteiger partial charge in [-0.05, 0) is 43.7 Å². The van der Waals surface area contributed by atoms with Gasteiger partial charge in [-0.2, -0.15) is 0 Å². The Hall–Kier alpha value is -4.69. The zero-order chi connectivity index (χ0) is 28.5. The van der Waals surface area contributed by atoms with Gasteiger partial charge in [0, 0.05) is 35.3 Å². The van der Waals surface area contributed by atoms with Gasteiger partial charge in [-0.15, -0.1) is 0 Å². The first-order chi connectivity index (χ1) is 20.0. The molecule has 7 nitrogen and oxygen atoms in total. The van der Waals surface area contributed by atoms with Crippen LogP contribution in [0.2, 0.25) is 0 Å². The van der Waals surface area contributed by atoms with Crippen LogP contribution in [0, 0.1) is 0 Å².